The Morgan fingerprint density at radius 3 is 2.74 bits per heavy atom. The zero-order chi connectivity index (χ0) is 17.3. The highest BCUT2D eigenvalue weighted by Gasteiger charge is 2.30. The molecule has 0 aliphatic carbocycles. The van der Waals surface area contributed by atoms with Crippen LogP contribution in [-0.4, -0.2) is 32.2 Å². The summed E-state index contributed by atoms with van der Waals surface area (Å²) in [5, 5.41) is 16.1. The summed E-state index contributed by atoms with van der Waals surface area (Å²) >= 11 is 0. The molecule has 0 amide bonds. The fraction of sp³-hybridized carbons (Fsp3) is 0.571. The average molecular weight is 344 g/mol. The molecule has 23 heavy (non-hydrogen) atoms. The Labute approximate surface area is 134 Å². The zero-order valence-corrected chi connectivity index (χ0v) is 13.8. The smallest absolute Gasteiger partial charge is 0.312 e. The predicted octanol–water partition coefficient (Wildman–Crippen LogP) is 1.83. The van der Waals surface area contributed by atoms with E-state index in [1.54, 1.807) is 0 Å². The Morgan fingerprint density at radius 1 is 1.48 bits per heavy atom. The van der Waals surface area contributed by atoms with Crippen molar-refractivity contribution in [2.75, 3.05) is 13.2 Å². The van der Waals surface area contributed by atoms with Crippen molar-refractivity contribution in [1.29, 1.82) is 0 Å². The quantitative estimate of drug-likeness (QED) is 0.642. The highest BCUT2D eigenvalue weighted by molar-refractivity contribution is 7.89. The van der Waals surface area contributed by atoms with Crippen LogP contribution in [0, 0.1) is 16.0 Å². The van der Waals surface area contributed by atoms with Crippen LogP contribution >= 0.6 is 0 Å². The van der Waals surface area contributed by atoms with E-state index in [-0.39, 0.29) is 22.2 Å². The standard InChI is InChI=1S/C14H20N2O6S/c1-14(2)8-10(5-6-22-14)9-21-13-4-3-11(23(15,19)20)7-12(13)16(17)18/h3-4,7,10H,5-6,8-9H2,1-2H3,(H2,15,19,20). The van der Waals surface area contributed by atoms with Gasteiger partial charge in [-0.15, -0.1) is 0 Å². The van der Waals surface area contributed by atoms with Crippen LogP contribution in [0.5, 0.6) is 5.75 Å². The van der Waals surface area contributed by atoms with E-state index in [1.165, 1.54) is 12.1 Å². The van der Waals surface area contributed by atoms with Gasteiger partial charge in [0.25, 0.3) is 0 Å². The molecule has 1 aromatic carbocycles. The van der Waals surface area contributed by atoms with E-state index in [0.717, 1.165) is 18.9 Å². The molecule has 9 heteroatoms. The summed E-state index contributed by atoms with van der Waals surface area (Å²) in [7, 11) is -4.00. The van der Waals surface area contributed by atoms with Crippen molar-refractivity contribution in [3.05, 3.63) is 28.3 Å². The van der Waals surface area contributed by atoms with Crippen molar-refractivity contribution in [2.45, 2.75) is 37.2 Å². The maximum Gasteiger partial charge on any atom is 0.312 e. The summed E-state index contributed by atoms with van der Waals surface area (Å²) < 4.78 is 33.8. The molecule has 8 nitrogen and oxygen atoms in total. The Morgan fingerprint density at radius 2 is 2.17 bits per heavy atom. The van der Waals surface area contributed by atoms with Crippen LogP contribution in [0.25, 0.3) is 0 Å². The first-order valence-electron chi connectivity index (χ1n) is 7.16. The van der Waals surface area contributed by atoms with E-state index in [4.69, 9.17) is 14.6 Å². The molecular formula is C14H20N2O6S. The lowest BCUT2D eigenvalue weighted by molar-refractivity contribution is -0.386. The Hall–Kier alpha value is -1.71. The summed E-state index contributed by atoms with van der Waals surface area (Å²) in [6.45, 7) is 4.90. The molecule has 1 fully saturated rings. The third kappa shape index (κ3) is 4.63. The number of nitrogens with zero attached hydrogens (tertiary/aromatic N) is 1. The molecule has 2 rings (SSSR count). The number of hydrogen-bond acceptors (Lipinski definition) is 6. The molecule has 1 aromatic rings. The molecule has 0 spiro atoms. The minimum atomic E-state index is -4.00. The van der Waals surface area contributed by atoms with Gasteiger partial charge in [-0.25, -0.2) is 13.6 Å². The molecule has 0 aromatic heterocycles. The SMILES string of the molecule is CC1(C)CC(COc2ccc(S(N)(=O)=O)cc2[N+](=O)[O-])CCO1. The van der Waals surface area contributed by atoms with Crippen LogP contribution in [0.1, 0.15) is 26.7 Å². The number of nitro groups is 1. The van der Waals surface area contributed by atoms with Crippen LogP contribution in [0.4, 0.5) is 5.69 Å². The number of nitrogens with two attached hydrogens (primary N) is 1. The van der Waals surface area contributed by atoms with Crippen molar-refractivity contribution < 1.29 is 22.8 Å². The normalized spacial score (nSPS) is 20.9. The van der Waals surface area contributed by atoms with Crippen molar-refractivity contribution in [3.63, 3.8) is 0 Å². The van der Waals surface area contributed by atoms with E-state index in [1.807, 2.05) is 13.8 Å². The van der Waals surface area contributed by atoms with Crippen LogP contribution < -0.4 is 9.88 Å². The zero-order valence-electron chi connectivity index (χ0n) is 13.0. The summed E-state index contributed by atoms with van der Waals surface area (Å²) in [6, 6.07) is 3.38. The van der Waals surface area contributed by atoms with Crippen LogP contribution in [0.2, 0.25) is 0 Å². The first-order chi connectivity index (χ1) is 10.6. The molecular weight excluding hydrogens is 324 g/mol. The first-order valence-corrected chi connectivity index (χ1v) is 8.71. The van der Waals surface area contributed by atoms with Gasteiger partial charge in [-0.1, -0.05) is 0 Å². The van der Waals surface area contributed by atoms with Gasteiger partial charge in [-0.05, 0) is 44.7 Å². The van der Waals surface area contributed by atoms with Crippen molar-refractivity contribution in [1.82, 2.24) is 0 Å². The van der Waals surface area contributed by atoms with Gasteiger partial charge < -0.3 is 9.47 Å². The summed E-state index contributed by atoms with van der Waals surface area (Å²) in [4.78, 5) is 10.1. The first kappa shape index (κ1) is 17.6. The maximum absolute atomic E-state index is 11.3. The van der Waals surface area contributed by atoms with Gasteiger partial charge in [-0.3, -0.25) is 10.1 Å². The number of primary sulfonamides is 1. The topological polar surface area (TPSA) is 122 Å². The second-order valence-electron chi connectivity index (χ2n) is 6.21. The monoisotopic (exact) mass is 344 g/mol. The molecule has 2 N–H and O–H groups in total. The van der Waals surface area contributed by atoms with Crippen LogP contribution in [-0.2, 0) is 14.8 Å². The van der Waals surface area contributed by atoms with Gasteiger partial charge in [0.2, 0.25) is 10.0 Å². The molecule has 1 aliphatic heterocycles. The second-order valence-corrected chi connectivity index (χ2v) is 7.77. The second kappa shape index (κ2) is 6.42. The van der Waals surface area contributed by atoms with E-state index in [9.17, 15) is 18.5 Å². The minimum Gasteiger partial charge on any atom is -0.487 e. The highest BCUT2D eigenvalue weighted by atomic mass is 32.2. The number of ether oxygens (including phenoxy) is 2. The third-order valence-corrected chi connectivity index (χ3v) is 4.64. The van der Waals surface area contributed by atoms with Gasteiger partial charge in [0, 0.05) is 12.7 Å². The fourth-order valence-corrected chi connectivity index (χ4v) is 3.18. The number of sulfonamides is 1. The Bertz CT molecular complexity index is 701. The van der Waals surface area contributed by atoms with E-state index >= 15 is 0 Å². The largest absolute Gasteiger partial charge is 0.487 e. The van der Waals surface area contributed by atoms with E-state index in [0.29, 0.717) is 13.2 Å². The molecule has 128 valence electrons. The number of hydrogen-bond donors (Lipinski definition) is 1. The Balaban J connectivity index is 2.15. The number of benzene rings is 1. The summed E-state index contributed by atoms with van der Waals surface area (Å²) in [6.07, 6.45) is 1.60. The fourth-order valence-electron chi connectivity index (χ4n) is 2.65. The van der Waals surface area contributed by atoms with Gasteiger partial charge in [0.15, 0.2) is 5.75 Å². The van der Waals surface area contributed by atoms with Gasteiger partial charge >= 0.3 is 5.69 Å². The van der Waals surface area contributed by atoms with Crippen LogP contribution in [0.15, 0.2) is 23.1 Å². The van der Waals surface area contributed by atoms with Crippen molar-refractivity contribution in [2.24, 2.45) is 11.1 Å². The van der Waals surface area contributed by atoms with Crippen molar-refractivity contribution in [3.8, 4) is 5.75 Å². The summed E-state index contributed by atoms with van der Waals surface area (Å²) in [5.74, 6) is 0.253. The molecule has 0 radical (unpaired) electrons. The maximum atomic E-state index is 11.3. The summed E-state index contributed by atoms with van der Waals surface area (Å²) in [5.41, 5.74) is -0.654. The van der Waals surface area contributed by atoms with Gasteiger partial charge in [-0.2, -0.15) is 0 Å². The van der Waals surface area contributed by atoms with E-state index in [2.05, 4.69) is 0 Å². The lowest BCUT2D eigenvalue weighted by atomic mass is 9.89. The molecule has 1 atom stereocenters. The predicted molar refractivity (Wildman–Crippen MR) is 82.7 cm³/mol. The number of nitro benzene ring substituents is 1. The molecule has 1 unspecified atom stereocenters. The molecule has 0 bridgehead atoms. The van der Waals surface area contributed by atoms with Gasteiger partial charge in [0.1, 0.15) is 0 Å². The molecule has 0 saturated carbocycles. The van der Waals surface area contributed by atoms with Gasteiger partial charge in [0.05, 0.1) is 22.0 Å². The minimum absolute atomic E-state index is 0.0340. The Kier molecular flexibility index (Phi) is 4.92. The highest BCUT2D eigenvalue weighted by Crippen LogP contribution is 2.32. The molecule has 1 heterocycles. The van der Waals surface area contributed by atoms with Crippen LogP contribution in [0.3, 0.4) is 0 Å². The van der Waals surface area contributed by atoms with Crippen molar-refractivity contribution >= 4 is 15.7 Å². The molecule has 1 saturated heterocycles. The lowest BCUT2D eigenvalue weighted by Crippen LogP contribution is -2.36. The number of rotatable bonds is 5. The lowest BCUT2D eigenvalue weighted by Gasteiger charge is -2.35. The molecule has 1 aliphatic rings. The average Bonchev–Trinajstić information content (AvgIpc) is 2.42. The third-order valence-electron chi connectivity index (χ3n) is 3.73. The van der Waals surface area contributed by atoms with E-state index < -0.39 is 20.6 Å².